The number of benzene rings is 1. The lowest BCUT2D eigenvalue weighted by molar-refractivity contribution is 0.246. The van der Waals surface area contributed by atoms with Gasteiger partial charge in [0.25, 0.3) is 0 Å². The number of primary amides is 1. The second-order valence-corrected chi connectivity index (χ2v) is 4.12. The lowest BCUT2D eigenvalue weighted by Gasteiger charge is -2.24. The van der Waals surface area contributed by atoms with Crippen molar-refractivity contribution in [3.8, 4) is 0 Å². The van der Waals surface area contributed by atoms with Crippen LogP contribution in [0.3, 0.4) is 0 Å². The van der Waals surface area contributed by atoms with Crippen LogP contribution in [0.15, 0.2) is 24.3 Å². The third kappa shape index (κ3) is 2.49. The number of aryl methyl sites for hydroxylation is 1. The van der Waals surface area contributed by atoms with Gasteiger partial charge < -0.3 is 11.1 Å². The van der Waals surface area contributed by atoms with Gasteiger partial charge >= 0.3 is 6.03 Å². The largest absolute Gasteiger partial charge is 0.352 e. The minimum atomic E-state index is -0.422. The SMILES string of the molecule is NC(=O)NCC1CCc2ccccc2C1. The molecule has 1 aliphatic rings. The van der Waals surface area contributed by atoms with Crippen LogP contribution in [0.5, 0.6) is 0 Å². The number of hydrogen-bond acceptors (Lipinski definition) is 1. The van der Waals surface area contributed by atoms with Gasteiger partial charge in [0.1, 0.15) is 0 Å². The Labute approximate surface area is 89.7 Å². The van der Waals surface area contributed by atoms with Crippen molar-refractivity contribution >= 4 is 6.03 Å². The predicted octanol–water partition coefficient (Wildman–Crippen LogP) is 1.46. The number of carbonyl (C=O) groups is 1. The average molecular weight is 204 g/mol. The minimum Gasteiger partial charge on any atom is -0.352 e. The van der Waals surface area contributed by atoms with E-state index < -0.39 is 6.03 Å². The second-order valence-electron chi connectivity index (χ2n) is 4.12. The lowest BCUT2D eigenvalue weighted by Crippen LogP contribution is -2.35. The van der Waals surface area contributed by atoms with Crippen LogP contribution in [0, 0.1) is 5.92 Å². The molecule has 0 bridgehead atoms. The average Bonchev–Trinajstić information content (AvgIpc) is 2.26. The van der Waals surface area contributed by atoms with Crippen molar-refractivity contribution in [1.29, 1.82) is 0 Å². The smallest absolute Gasteiger partial charge is 0.312 e. The molecule has 3 nitrogen and oxygen atoms in total. The van der Waals surface area contributed by atoms with Gasteiger partial charge in [0.15, 0.2) is 0 Å². The summed E-state index contributed by atoms with van der Waals surface area (Å²) in [6.07, 6.45) is 3.30. The van der Waals surface area contributed by atoms with E-state index in [1.807, 2.05) is 0 Å². The summed E-state index contributed by atoms with van der Waals surface area (Å²) in [4.78, 5) is 10.6. The molecule has 0 aliphatic heterocycles. The van der Waals surface area contributed by atoms with Crippen molar-refractivity contribution < 1.29 is 4.79 Å². The number of nitrogens with one attached hydrogen (secondary N) is 1. The Bertz CT molecular complexity index is 362. The quantitative estimate of drug-likeness (QED) is 0.753. The summed E-state index contributed by atoms with van der Waals surface area (Å²) in [5.74, 6) is 0.535. The van der Waals surface area contributed by atoms with E-state index in [9.17, 15) is 4.79 Å². The van der Waals surface area contributed by atoms with Gasteiger partial charge in [-0.15, -0.1) is 0 Å². The summed E-state index contributed by atoms with van der Waals surface area (Å²) in [5, 5.41) is 2.68. The van der Waals surface area contributed by atoms with E-state index in [1.54, 1.807) is 0 Å². The molecule has 0 saturated carbocycles. The molecular weight excluding hydrogens is 188 g/mol. The summed E-state index contributed by atoms with van der Waals surface area (Å²) >= 11 is 0. The minimum absolute atomic E-state index is 0.422. The molecule has 2 amide bonds. The molecule has 0 aromatic heterocycles. The zero-order chi connectivity index (χ0) is 10.7. The fourth-order valence-electron chi connectivity index (χ4n) is 2.19. The van der Waals surface area contributed by atoms with E-state index >= 15 is 0 Å². The highest BCUT2D eigenvalue weighted by molar-refractivity contribution is 5.71. The normalized spacial score (nSPS) is 19.3. The monoisotopic (exact) mass is 204 g/mol. The predicted molar refractivity (Wildman–Crippen MR) is 59.5 cm³/mol. The molecule has 0 radical (unpaired) electrons. The standard InChI is InChI=1S/C12H16N2O/c13-12(15)14-8-9-5-6-10-3-1-2-4-11(10)7-9/h1-4,9H,5-8H2,(H3,13,14,15). The zero-order valence-corrected chi connectivity index (χ0v) is 8.70. The van der Waals surface area contributed by atoms with Gasteiger partial charge in [-0.25, -0.2) is 4.79 Å². The van der Waals surface area contributed by atoms with Crippen molar-refractivity contribution in [3.05, 3.63) is 35.4 Å². The Morgan fingerprint density at radius 2 is 2.13 bits per heavy atom. The number of hydrogen-bond donors (Lipinski definition) is 2. The summed E-state index contributed by atoms with van der Waals surface area (Å²) in [6, 6.07) is 8.09. The van der Waals surface area contributed by atoms with E-state index in [2.05, 4.69) is 29.6 Å². The maximum Gasteiger partial charge on any atom is 0.312 e. The van der Waals surface area contributed by atoms with Gasteiger partial charge in [0.05, 0.1) is 0 Å². The molecule has 2 rings (SSSR count). The third-order valence-corrected chi connectivity index (χ3v) is 3.01. The summed E-state index contributed by atoms with van der Waals surface area (Å²) < 4.78 is 0. The topological polar surface area (TPSA) is 55.1 Å². The maximum atomic E-state index is 10.6. The van der Waals surface area contributed by atoms with Crippen LogP contribution in [0.1, 0.15) is 17.5 Å². The summed E-state index contributed by atoms with van der Waals surface area (Å²) in [5.41, 5.74) is 7.92. The molecule has 0 fully saturated rings. The Morgan fingerprint density at radius 1 is 1.40 bits per heavy atom. The molecular formula is C12H16N2O. The van der Waals surface area contributed by atoms with Crippen molar-refractivity contribution in [2.45, 2.75) is 19.3 Å². The second kappa shape index (κ2) is 4.34. The fourth-order valence-corrected chi connectivity index (χ4v) is 2.19. The molecule has 15 heavy (non-hydrogen) atoms. The maximum absolute atomic E-state index is 10.6. The van der Waals surface area contributed by atoms with Crippen molar-refractivity contribution in [1.82, 2.24) is 5.32 Å². The van der Waals surface area contributed by atoms with Gasteiger partial charge in [-0.1, -0.05) is 24.3 Å². The van der Waals surface area contributed by atoms with Crippen molar-refractivity contribution in [2.75, 3.05) is 6.54 Å². The van der Waals surface area contributed by atoms with Crippen LogP contribution in [0.2, 0.25) is 0 Å². The van der Waals surface area contributed by atoms with Crippen molar-refractivity contribution in [3.63, 3.8) is 0 Å². The molecule has 1 aromatic carbocycles. The fraction of sp³-hybridized carbons (Fsp3) is 0.417. The lowest BCUT2D eigenvalue weighted by atomic mass is 9.84. The summed E-state index contributed by atoms with van der Waals surface area (Å²) in [6.45, 7) is 0.698. The molecule has 1 aromatic rings. The Balaban J connectivity index is 1.96. The van der Waals surface area contributed by atoms with E-state index in [4.69, 9.17) is 5.73 Å². The molecule has 3 N–H and O–H groups in total. The number of nitrogens with two attached hydrogens (primary N) is 1. The first-order valence-corrected chi connectivity index (χ1v) is 5.36. The zero-order valence-electron chi connectivity index (χ0n) is 8.70. The van der Waals surface area contributed by atoms with Crippen LogP contribution in [0.4, 0.5) is 4.79 Å². The molecule has 1 atom stereocenters. The number of amides is 2. The van der Waals surface area contributed by atoms with E-state index in [0.29, 0.717) is 12.5 Å². The van der Waals surface area contributed by atoms with E-state index in [-0.39, 0.29) is 0 Å². The van der Waals surface area contributed by atoms with Gasteiger partial charge in [-0.05, 0) is 36.3 Å². The first-order chi connectivity index (χ1) is 7.25. The van der Waals surface area contributed by atoms with E-state index in [1.165, 1.54) is 11.1 Å². The Morgan fingerprint density at radius 3 is 2.87 bits per heavy atom. The summed E-state index contributed by atoms with van der Waals surface area (Å²) in [7, 11) is 0. The molecule has 0 saturated heterocycles. The van der Waals surface area contributed by atoms with Crippen molar-refractivity contribution in [2.24, 2.45) is 11.7 Å². The van der Waals surface area contributed by atoms with Crippen LogP contribution in [-0.2, 0) is 12.8 Å². The highest BCUT2D eigenvalue weighted by Gasteiger charge is 2.17. The highest BCUT2D eigenvalue weighted by atomic mass is 16.2. The third-order valence-electron chi connectivity index (χ3n) is 3.01. The number of carbonyl (C=O) groups excluding carboxylic acids is 1. The van der Waals surface area contributed by atoms with Crippen LogP contribution in [-0.4, -0.2) is 12.6 Å². The molecule has 80 valence electrons. The first-order valence-electron chi connectivity index (χ1n) is 5.36. The first kappa shape index (κ1) is 10.0. The molecule has 0 heterocycles. The van der Waals surface area contributed by atoms with Gasteiger partial charge in [-0.2, -0.15) is 0 Å². The van der Waals surface area contributed by atoms with Gasteiger partial charge in [-0.3, -0.25) is 0 Å². The van der Waals surface area contributed by atoms with Gasteiger partial charge in [0.2, 0.25) is 0 Å². The number of fused-ring (bicyclic) bond motifs is 1. The molecule has 1 aliphatic carbocycles. The number of rotatable bonds is 2. The van der Waals surface area contributed by atoms with Crippen LogP contribution < -0.4 is 11.1 Å². The van der Waals surface area contributed by atoms with Crippen LogP contribution >= 0.6 is 0 Å². The Hall–Kier alpha value is -1.51. The Kier molecular flexibility index (Phi) is 2.90. The molecule has 1 unspecified atom stereocenters. The van der Waals surface area contributed by atoms with Gasteiger partial charge in [0, 0.05) is 6.54 Å². The van der Waals surface area contributed by atoms with Crippen LogP contribution in [0.25, 0.3) is 0 Å². The number of urea groups is 1. The van der Waals surface area contributed by atoms with E-state index in [0.717, 1.165) is 19.3 Å². The molecule has 3 heteroatoms. The molecule has 0 spiro atoms. The highest BCUT2D eigenvalue weighted by Crippen LogP contribution is 2.24.